The average molecular weight is 224 g/mol. The van der Waals surface area contributed by atoms with E-state index in [0.29, 0.717) is 5.92 Å². The highest BCUT2D eigenvalue weighted by molar-refractivity contribution is 6.21. The van der Waals surface area contributed by atoms with Crippen LogP contribution in [-0.2, 0) is 0 Å². The Balaban J connectivity index is 1.91. The lowest BCUT2D eigenvalue weighted by atomic mass is 9.80. The van der Waals surface area contributed by atoms with E-state index >= 15 is 0 Å². The Kier molecular flexibility index (Phi) is 3.63. The summed E-state index contributed by atoms with van der Waals surface area (Å²) in [5, 5.41) is 0.241. The highest BCUT2D eigenvalue weighted by Crippen LogP contribution is 2.35. The molecule has 15 heavy (non-hydrogen) atoms. The van der Waals surface area contributed by atoms with Crippen LogP contribution in [0.2, 0.25) is 0 Å². The van der Waals surface area contributed by atoms with E-state index in [0.717, 1.165) is 18.0 Å². The summed E-state index contributed by atoms with van der Waals surface area (Å²) in [7, 11) is 0. The molecule has 1 aromatic rings. The molecule has 1 aliphatic carbocycles. The van der Waals surface area contributed by atoms with Crippen molar-refractivity contribution in [2.45, 2.75) is 43.9 Å². The van der Waals surface area contributed by atoms with Crippen LogP contribution in [-0.4, -0.2) is 10.4 Å². The van der Waals surface area contributed by atoms with Crippen molar-refractivity contribution in [2.75, 3.05) is 0 Å². The third-order valence-electron chi connectivity index (χ3n) is 3.48. The molecule has 0 radical (unpaired) electrons. The molecule has 1 aliphatic rings. The van der Waals surface area contributed by atoms with Crippen LogP contribution in [0, 0.1) is 5.92 Å². The number of hydrogen-bond donors (Lipinski definition) is 0. The van der Waals surface area contributed by atoms with E-state index in [2.05, 4.69) is 18.0 Å². The van der Waals surface area contributed by atoms with Gasteiger partial charge in [0.1, 0.15) is 0 Å². The summed E-state index contributed by atoms with van der Waals surface area (Å²) in [6, 6.07) is 6.05. The Bertz CT molecular complexity index is 295. The molecule has 2 rings (SSSR count). The van der Waals surface area contributed by atoms with E-state index in [-0.39, 0.29) is 5.38 Å². The maximum atomic E-state index is 6.43. The predicted molar refractivity (Wildman–Crippen MR) is 64.3 cm³/mol. The van der Waals surface area contributed by atoms with Crippen molar-refractivity contribution in [3.05, 3.63) is 30.1 Å². The summed E-state index contributed by atoms with van der Waals surface area (Å²) >= 11 is 6.43. The van der Waals surface area contributed by atoms with Gasteiger partial charge in [-0.3, -0.25) is 4.98 Å². The molecule has 0 aliphatic heterocycles. The maximum Gasteiger partial charge on any atom is 0.0446 e. The summed E-state index contributed by atoms with van der Waals surface area (Å²) in [5.41, 5.74) is 1.12. The zero-order valence-electron chi connectivity index (χ0n) is 9.20. The van der Waals surface area contributed by atoms with Crippen molar-refractivity contribution < 1.29 is 0 Å². The monoisotopic (exact) mass is 223 g/mol. The van der Waals surface area contributed by atoms with E-state index in [1.54, 1.807) is 0 Å². The number of halogens is 1. The van der Waals surface area contributed by atoms with Crippen LogP contribution in [0.1, 0.15) is 44.2 Å². The fraction of sp³-hybridized carbons (Fsp3) is 0.615. The fourth-order valence-corrected chi connectivity index (χ4v) is 2.46. The molecule has 0 amide bonds. The topological polar surface area (TPSA) is 12.9 Å². The molecule has 1 fully saturated rings. The number of rotatable bonds is 4. The summed E-state index contributed by atoms with van der Waals surface area (Å²) < 4.78 is 0. The zero-order chi connectivity index (χ0) is 10.7. The number of pyridine rings is 1. The predicted octanol–water partition coefficient (Wildman–Crippen LogP) is 3.98. The number of nitrogens with zero attached hydrogens (tertiary/aromatic N) is 1. The highest BCUT2D eigenvalue weighted by atomic mass is 35.5. The maximum absolute atomic E-state index is 6.43. The normalized spacial score (nSPS) is 20.7. The Morgan fingerprint density at radius 1 is 1.47 bits per heavy atom. The molecule has 2 unspecified atom stereocenters. The van der Waals surface area contributed by atoms with E-state index in [4.69, 9.17) is 11.6 Å². The molecule has 0 N–H and O–H groups in total. The average Bonchev–Trinajstić information content (AvgIpc) is 2.23. The first-order valence-electron chi connectivity index (χ1n) is 5.82. The lowest BCUT2D eigenvalue weighted by molar-refractivity contribution is 0.286. The summed E-state index contributed by atoms with van der Waals surface area (Å²) in [6.45, 7) is 2.18. The molecule has 0 saturated heterocycles. The van der Waals surface area contributed by atoms with Gasteiger partial charge in [0.2, 0.25) is 0 Å². The molecular formula is C13H18ClN. The smallest absolute Gasteiger partial charge is 0.0446 e. The third kappa shape index (κ3) is 2.72. The second kappa shape index (κ2) is 4.98. The van der Waals surface area contributed by atoms with Crippen LogP contribution in [0.15, 0.2) is 24.4 Å². The van der Waals surface area contributed by atoms with Crippen LogP contribution >= 0.6 is 11.6 Å². The van der Waals surface area contributed by atoms with Crippen LogP contribution in [0.25, 0.3) is 0 Å². The van der Waals surface area contributed by atoms with E-state index < -0.39 is 0 Å². The van der Waals surface area contributed by atoms with Crippen molar-refractivity contribution in [2.24, 2.45) is 5.92 Å². The molecule has 0 spiro atoms. The van der Waals surface area contributed by atoms with Gasteiger partial charge in [-0.25, -0.2) is 0 Å². The molecule has 2 heteroatoms. The quantitative estimate of drug-likeness (QED) is 0.704. The van der Waals surface area contributed by atoms with Gasteiger partial charge in [0.25, 0.3) is 0 Å². The Morgan fingerprint density at radius 2 is 2.27 bits per heavy atom. The number of aromatic nitrogens is 1. The minimum absolute atomic E-state index is 0.241. The minimum Gasteiger partial charge on any atom is -0.261 e. The molecule has 1 aromatic heterocycles. The van der Waals surface area contributed by atoms with Crippen LogP contribution in [0.4, 0.5) is 0 Å². The van der Waals surface area contributed by atoms with Gasteiger partial charge >= 0.3 is 0 Å². The summed E-state index contributed by atoms with van der Waals surface area (Å²) in [6.07, 6.45) is 7.14. The largest absolute Gasteiger partial charge is 0.261 e. The molecule has 1 heterocycles. The lowest BCUT2D eigenvalue weighted by Crippen LogP contribution is -2.20. The Labute approximate surface area is 96.9 Å². The van der Waals surface area contributed by atoms with E-state index in [1.165, 1.54) is 19.3 Å². The van der Waals surface area contributed by atoms with Gasteiger partial charge in [0.15, 0.2) is 0 Å². The molecule has 2 atom stereocenters. The number of alkyl halides is 1. The first-order chi connectivity index (χ1) is 7.27. The van der Waals surface area contributed by atoms with Gasteiger partial charge in [0, 0.05) is 23.2 Å². The van der Waals surface area contributed by atoms with Crippen molar-refractivity contribution in [3.63, 3.8) is 0 Å². The molecular weight excluding hydrogens is 206 g/mol. The fourth-order valence-electron chi connectivity index (χ4n) is 2.08. The van der Waals surface area contributed by atoms with Gasteiger partial charge in [0.05, 0.1) is 0 Å². The van der Waals surface area contributed by atoms with Crippen LogP contribution in [0.3, 0.4) is 0 Å². The zero-order valence-corrected chi connectivity index (χ0v) is 9.95. The second-order valence-corrected chi connectivity index (χ2v) is 5.15. The van der Waals surface area contributed by atoms with Crippen molar-refractivity contribution in [3.8, 4) is 0 Å². The first kappa shape index (κ1) is 10.9. The van der Waals surface area contributed by atoms with Crippen molar-refractivity contribution >= 4 is 11.6 Å². The van der Waals surface area contributed by atoms with E-state index in [9.17, 15) is 0 Å². The number of hydrogen-bond acceptors (Lipinski definition) is 1. The van der Waals surface area contributed by atoms with Gasteiger partial charge < -0.3 is 0 Å². The Morgan fingerprint density at radius 3 is 2.80 bits per heavy atom. The molecule has 1 saturated carbocycles. The highest BCUT2D eigenvalue weighted by Gasteiger charge is 2.25. The van der Waals surface area contributed by atoms with E-state index in [1.807, 2.05) is 18.3 Å². The molecule has 0 bridgehead atoms. The molecule has 1 nitrogen and oxygen atoms in total. The summed E-state index contributed by atoms with van der Waals surface area (Å²) in [4.78, 5) is 4.37. The molecule has 0 aromatic carbocycles. The van der Waals surface area contributed by atoms with Gasteiger partial charge in [-0.05, 0) is 24.5 Å². The first-order valence-corrected chi connectivity index (χ1v) is 6.26. The summed E-state index contributed by atoms with van der Waals surface area (Å²) in [5.74, 6) is 1.24. The standard InChI is InChI=1S/C13H18ClN/c1-10(13-7-2-3-8-15-13)12(14)9-11-5-4-6-11/h2-3,7-8,10-12H,4-6,9H2,1H3. The second-order valence-electron chi connectivity index (χ2n) is 4.59. The SMILES string of the molecule is CC(c1ccccn1)C(Cl)CC1CCC1. The van der Waals surface area contributed by atoms with Gasteiger partial charge in [-0.15, -0.1) is 11.6 Å². The third-order valence-corrected chi connectivity index (χ3v) is 4.04. The van der Waals surface area contributed by atoms with Gasteiger partial charge in [-0.2, -0.15) is 0 Å². The van der Waals surface area contributed by atoms with Crippen LogP contribution < -0.4 is 0 Å². The minimum atomic E-state index is 0.241. The lowest BCUT2D eigenvalue weighted by Gasteiger charge is -2.29. The van der Waals surface area contributed by atoms with Crippen molar-refractivity contribution in [1.29, 1.82) is 0 Å². The van der Waals surface area contributed by atoms with Crippen LogP contribution in [0.5, 0.6) is 0 Å². The van der Waals surface area contributed by atoms with Crippen molar-refractivity contribution in [1.82, 2.24) is 4.98 Å². The Hall–Kier alpha value is -0.560. The molecule has 82 valence electrons. The van der Waals surface area contributed by atoms with Gasteiger partial charge in [-0.1, -0.05) is 32.3 Å².